The van der Waals surface area contributed by atoms with Gasteiger partial charge in [-0.15, -0.1) is 0 Å². The van der Waals surface area contributed by atoms with Crippen LogP contribution in [0.3, 0.4) is 0 Å². The van der Waals surface area contributed by atoms with E-state index in [1.165, 1.54) is 18.2 Å². The number of para-hydroxylation sites is 1. The number of hydrogen-bond donors (Lipinski definition) is 1. The van der Waals surface area contributed by atoms with E-state index in [2.05, 4.69) is 5.32 Å². The van der Waals surface area contributed by atoms with Crippen LogP contribution in [-0.2, 0) is 11.0 Å². The van der Waals surface area contributed by atoms with E-state index in [0.29, 0.717) is 0 Å². The maximum atomic E-state index is 12.8. The van der Waals surface area contributed by atoms with Gasteiger partial charge >= 0.3 is 6.18 Å². The molecule has 2 rings (SSSR count). The largest absolute Gasteiger partial charge is 0.418 e. The van der Waals surface area contributed by atoms with Crippen molar-refractivity contribution in [3.63, 3.8) is 0 Å². The number of alkyl halides is 3. The summed E-state index contributed by atoms with van der Waals surface area (Å²) in [5.41, 5.74) is -0.952. The van der Waals surface area contributed by atoms with Crippen LogP contribution in [-0.4, -0.2) is 17.4 Å². The summed E-state index contributed by atoms with van der Waals surface area (Å²) in [7, 11) is 0. The van der Waals surface area contributed by atoms with E-state index in [1.807, 2.05) is 0 Å². The molecule has 0 saturated carbocycles. The van der Waals surface area contributed by atoms with Gasteiger partial charge in [0.25, 0.3) is 0 Å². The lowest BCUT2D eigenvalue weighted by molar-refractivity contribution is -0.137. The Morgan fingerprint density at radius 3 is 2.47 bits per heavy atom. The van der Waals surface area contributed by atoms with Crippen molar-refractivity contribution in [1.29, 1.82) is 0 Å². The molecule has 1 amide bonds. The molecule has 104 valence electrons. The summed E-state index contributed by atoms with van der Waals surface area (Å²) in [6.07, 6.45) is -3.00. The number of rotatable bonds is 2. The van der Waals surface area contributed by atoms with Crippen LogP contribution >= 0.6 is 11.8 Å². The highest BCUT2D eigenvalue weighted by atomic mass is 32.2. The molecule has 0 aromatic heterocycles. The standard InChI is InChI=1S/C13H14F3NOS/c14-13(15,16)10-3-1-2-4-11(10)17-12(18)9-5-7-19-8-6-9/h1-4,9H,5-8H2,(H,17,18). The summed E-state index contributed by atoms with van der Waals surface area (Å²) >= 11 is 1.77. The zero-order valence-corrected chi connectivity index (χ0v) is 11.0. The van der Waals surface area contributed by atoms with Crippen LogP contribution in [0.25, 0.3) is 0 Å². The Hall–Kier alpha value is -1.17. The van der Waals surface area contributed by atoms with Gasteiger partial charge in [0.15, 0.2) is 0 Å². The highest BCUT2D eigenvalue weighted by Crippen LogP contribution is 2.35. The van der Waals surface area contributed by atoms with Gasteiger partial charge in [0.1, 0.15) is 0 Å². The van der Waals surface area contributed by atoms with Crippen LogP contribution in [0, 0.1) is 5.92 Å². The zero-order chi connectivity index (χ0) is 13.9. The third-order valence-corrected chi connectivity index (χ3v) is 4.13. The van der Waals surface area contributed by atoms with Gasteiger partial charge in [0.2, 0.25) is 5.91 Å². The van der Waals surface area contributed by atoms with Gasteiger partial charge in [0.05, 0.1) is 11.3 Å². The first-order chi connectivity index (χ1) is 8.98. The summed E-state index contributed by atoms with van der Waals surface area (Å²) in [5.74, 6) is 1.29. The molecular weight excluding hydrogens is 275 g/mol. The normalized spacial score (nSPS) is 17.2. The maximum Gasteiger partial charge on any atom is 0.418 e. The summed E-state index contributed by atoms with van der Waals surface area (Å²) in [5, 5.41) is 2.42. The maximum absolute atomic E-state index is 12.8. The van der Waals surface area contributed by atoms with E-state index in [9.17, 15) is 18.0 Å². The van der Waals surface area contributed by atoms with Crippen LogP contribution in [0.5, 0.6) is 0 Å². The molecule has 1 aliphatic heterocycles. The number of halogens is 3. The van der Waals surface area contributed by atoms with Crippen molar-refractivity contribution in [3.8, 4) is 0 Å². The second kappa shape index (κ2) is 5.86. The smallest absolute Gasteiger partial charge is 0.325 e. The molecule has 19 heavy (non-hydrogen) atoms. The molecule has 1 N–H and O–H groups in total. The van der Waals surface area contributed by atoms with Crippen molar-refractivity contribution in [2.24, 2.45) is 5.92 Å². The first-order valence-corrected chi connectivity index (χ1v) is 7.19. The third kappa shape index (κ3) is 3.65. The Labute approximate surface area is 113 Å². The molecule has 1 saturated heterocycles. The number of amides is 1. The van der Waals surface area contributed by atoms with E-state index in [0.717, 1.165) is 30.4 Å². The van der Waals surface area contributed by atoms with Gasteiger partial charge in [0, 0.05) is 5.92 Å². The number of benzene rings is 1. The molecule has 1 aromatic carbocycles. The SMILES string of the molecule is O=C(Nc1ccccc1C(F)(F)F)C1CCSCC1. The first kappa shape index (κ1) is 14.2. The number of carbonyl (C=O) groups is 1. The van der Waals surface area contributed by atoms with E-state index < -0.39 is 11.7 Å². The van der Waals surface area contributed by atoms with Gasteiger partial charge in [-0.3, -0.25) is 4.79 Å². The predicted octanol–water partition coefficient (Wildman–Crippen LogP) is 3.79. The Morgan fingerprint density at radius 2 is 1.84 bits per heavy atom. The third-order valence-electron chi connectivity index (χ3n) is 3.08. The molecule has 1 aliphatic rings. The topological polar surface area (TPSA) is 29.1 Å². The lowest BCUT2D eigenvalue weighted by atomic mass is 10.0. The molecule has 0 atom stereocenters. The van der Waals surface area contributed by atoms with Crippen LogP contribution in [0.1, 0.15) is 18.4 Å². The second-order valence-corrected chi connectivity index (χ2v) is 5.64. The average molecular weight is 289 g/mol. The molecule has 0 aliphatic carbocycles. The fourth-order valence-corrected chi connectivity index (χ4v) is 3.14. The molecule has 1 heterocycles. The van der Waals surface area contributed by atoms with Crippen molar-refractivity contribution >= 4 is 23.4 Å². The quantitative estimate of drug-likeness (QED) is 0.897. The number of anilines is 1. The number of hydrogen-bond acceptors (Lipinski definition) is 2. The number of carbonyl (C=O) groups excluding carboxylic acids is 1. The van der Waals surface area contributed by atoms with Crippen LogP contribution in [0.2, 0.25) is 0 Å². The summed E-state index contributed by atoms with van der Waals surface area (Å²) in [6, 6.07) is 5.07. The molecular formula is C13H14F3NOS. The fourth-order valence-electron chi connectivity index (χ4n) is 2.03. The van der Waals surface area contributed by atoms with E-state index in [4.69, 9.17) is 0 Å². The Kier molecular flexibility index (Phi) is 4.39. The second-order valence-electron chi connectivity index (χ2n) is 4.42. The van der Waals surface area contributed by atoms with E-state index in [-0.39, 0.29) is 17.5 Å². The number of nitrogens with one attached hydrogen (secondary N) is 1. The Bertz CT molecular complexity index is 455. The molecule has 0 unspecified atom stereocenters. The van der Waals surface area contributed by atoms with Crippen LogP contribution < -0.4 is 5.32 Å². The van der Waals surface area contributed by atoms with Crippen LogP contribution in [0.4, 0.5) is 18.9 Å². The lowest BCUT2D eigenvalue weighted by Gasteiger charge is -2.21. The molecule has 2 nitrogen and oxygen atoms in total. The van der Waals surface area contributed by atoms with Crippen molar-refractivity contribution in [1.82, 2.24) is 0 Å². The Morgan fingerprint density at radius 1 is 1.21 bits per heavy atom. The van der Waals surface area contributed by atoms with Crippen molar-refractivity contribution in [2.75, 3.05) is 16.8 Å². The molecule has 1 fully saturated rings. The van der Waals surface area contributed by atoms with Crippen molar-refractivity contribution in [2.45, 2.75) is 19.0 Å². The molecule has 0 radical (unpaired) electrons. The fraction of sp³-hybridized carbons (Fsp3) is 0.462. The van der Waals surface area contributed by atoms with Gasteiger partial charge in [-0.25, -0.2) is 0 Å². The average Bonchev–Trinajstić information content (AvgIpc) is 2.39. The van der Waals surface area contributed by atoms with Gasteiger partial charge < -0.3 is 5.32 Å². The van der Waals surface area contributed by atoms with Crippen LogP contribution in [0.15, 0.2) is 24.3 Å². The zero-order valence-electron chi connectivity index (χ0n) is 10.2. The van der Waals surface area contributed by atoms with Gasteiger partial charge in [-0.2, -0.15) is 24.9 Å². The van der Waals surface area contributed by atoms with Gasteiger partial charge in [-0.05, 0) is 36.5 Å². The minimum Gasteiger partial charge on any atom is -0.325 e. The highest BCUT2D eigenvalue weighted by Gasteiger charge is 2.34. The summed E-state index contributed by atoms with van der Waals surface area (Å²) < 4.78 is 38.4. The van der Waals surface area contributed by atoms with Crippen molar-refractivity contribution < 1.29 is 18.0 Å². The summed E-state index contributed by atoms with van der Waals surface area (Å²) in [4.78, 5) is 12.0. The minimum atomic E-state index is -4.45. The van der Waals surface area contributed by atoms with Gasteiger partial charge in [-0.1, -0.05) is 12.1 Å². The lowest BCUT2D eigenvalue weighted by Crippen LogP contribution is -2.27. The molecule has 0 bridgehead atoms. The monoisotopic (exact) mass is 289 g/mol. The predicted molar refractivity (Wildman–Crippen MR) is 70.1 cm³/mol. The van der Waals surface area contributed by atoms with E-state index in [1.54, 1.807) is 11.8 Å². The number of thioether (sulfide) groups is 1. The first-order valence-electron chi connectivity index (χ1n) is 6.03. The van der Waals surface area contributed by atoms with Crippen molar-refractivity contribution in [3.05, 3.63) is 29.8 Å². The minimum absolute atomic E-state index is 0.154. The Balaban J connectivity index is 2.12. The van der Waals surface area contributed by atoms with E-state index >= 15 is 0 Å². The molecule has 6 heteroatoms. The molecule has 1 aromatic rings. The summed E-state index contributed by atoms with van der Waals surface area (Å²) in [6.45, 7) is 0. The molecule has 0 spiro atoms. The highest BCUT2D eigenvalue weighted by molar-refractivity contribution is 7.99.